The molecule has 1 saturated carbocycles. The lowest BCUT2D eigenvalue weighted by atomic mass is 9.78. The molecule has 134 valence electrons. The van der Waals surface area contributed by atoms with Crippen LogP contribution in [0.5, 0.6) is 0 Å². The summed E-state index contributed by atoms with van der Waals surface area (Å²) >= 11 is 0. The van der Waals surface area contributed by atoms with Crippen molar-refractivity contribution in [2.45, 2.75) is 50.2 Å². The summed E-state index contributed by atoms with van der Waals surface area (Å²) in [6.07, 6.45) is 6.67. The third-order valence-electron chi connectivity index (χ3n) is 6.80. The number of likely N-dealkylation sites (tertiary alicyclic amines) is 1. The largest absolute Gasteiger partial charge is 0.350 e. The Balaban J connectivity index is 1.31. The minimum atomic E-state index is -0.0980. The van der Waals surface area contributed by atoms with Gasteiger partial charge < -0.3 is 14.4 Å². The van der Waals surface area contributed by atoms with Gasteiger partial charge in [0.2, 0.25) is 5.91 Å². The Hall–Kier alpha value is -1.39. The summed E-state index contributed by atoms with van der Waals surface area (Å²) in [5.41, 5.74) is 3.06. The van der Waals surface area contributed by atoms with E-state index in [2.05, 4.69) is 29.2 Å². The molecule has 2 aliphatic heterocycles. The van der Waals surface area contributed by atoms with Crippen LogP contribution in [0.3, 0.4) is 0 Å². The summed E-state index contributed by atoms with van der Waals surface area (Å²) in [7, 11) is 0. The average Bonchev–Trinajstić information content (AvgIpc) is 3.11. The molecule has 3 unspecified atom stereocenters. The number of aryl methyl sites for hydroxylation is 1. The molecule has 2 saturated heterocycles. The third-order valence-corrected chi connectivity index (χ3v) is 6.80. The van der Waals surface area contributed by atoms with Gasteiger partial charge in [0.25, 0.3) is 0 Å². The van der Waals surface area contributed by atoms with Gasteiger partial charge in [-0.25, -0.2) is 0 Å². The first-order chi connectivity index (χ1) is 12.3. The zero-order chi connectivity index (χ0) is 16.9. The van der Waals surface area contributed by atoms with Crippen LogP contribution < -0.4 is 0 Å². The Bertz CT molecular complexity index is 669. The summed E-state index contributed by atoms with van der Waals surface area (Å²) in [4.78, 5) is 15.4. The average molecular weight is 341 g/mol. The van der Waals surface area contributed by atoms with E-state index in [1.807, 2.05) is 0 Å². The number of piperidine rings is 1. The Morgan fingerprint density at radius 3 is 2.88 bits per heavy atom. The number of carbonyl (C=O) groups is 1. The molecule has 0 aromatic heterocycles. The third kappa shape index (κ3) is 2.61. The predicted octanol–water partition coefficient (Wildman–Crippen LogP) is 2.89. The number of rotatable bonds is 2. The summed E-state index contributed by atoms with van der Waals surface area (Å²) in [5, 5.41) is 0. The molecule has 1 spiro atoms. The fraction of sp³-hybridized carbons (Fsp3) is 0.667. The van der Waals surface area contributed by atoms with Crippen molar-refractivity contribution in [1.29, 1.82) is 0 Å². The highest BCUT2D eigenvalue weighted by Gasteiger charge is 2.61. The zero-order valence-electron chi connectivity index (χ0n) is 14.8. The smallest absolute Gasteiger partial charge is 0.226 e. The van der Waals surface area contributed by atoms with Gasteiger partial charge in [-0.05, 0) is 49.7 Å². The predicted molar refractivity (Wildman–Crippen MR) is 94.2 cm³/mol. The van der Waals surface area contributed by atoms with Crippen LogP contribution in [0.2, 0.25) is 0 Å². The van der Waals surface area contributed by atoms with Crippen LogP contribution in [0.1, 0.15) is 43.2 Å². The van der Waals surface area contributed by atoms with Crippen LogP contribution in [0, 0.1) is 11.8 Å². The van der Waals surface area contributed by atoms with Gasteiger partial charge in [0.05, 0.1) is 13.2 Å². The highest BCUT2D eigenvalue weighted by molar-refractivity contribution is 5.85. The van der Waals surface area contributed by atoms with E-state index in [1.54, 1.807) is 0 Å². The fourth-order valence-corrected chi connectivity index (χ4v) is 5.46. The normalized spacial score (nSPS) is 35.0. The SMILES string of the molecule is O=C(C1CC12CCCc1ccccc12)N1CCCC(C2OCCO2)C1. The van der Waals surface area contributed by atoms with Crippen LogP contribution in [0.15, 0.2) is 24.3 Å². The number of nitrogens with zero attached hydrogens (tertiary/aromatic N) is 1. The number of hydrogen-bond acceptors (Lipinski definition) is 3. The van der Waals surface area contributed by atoms with Gasteiger partial charge in [-0.3, -0.25) is 4.79 Å². The number of ether oxygens (including phenoxy) is 2. The Morgan fingerprint density at radius 1 is 1.16 bits per heavy atom. The van der Waals surface area contributed by atoms with E-state index in [9.17, 15) is 4.79 Å². The topological polar surface area (TPSA) is 38.8 Å². The molecule has 1 aromatic rings. The first kappa shape index (κ1) is 15.8. The van der Waals surface area contributed by atoms with Crippen molar-refractivity contribution in [1.82, 2.24) is 4.90 Å². The molecule has 2 heterocycles. The lowest BCUT2D eigenvalue weighted by Crippen LogP contribution is -2.45. The molecule has 0 bridgehead atoms. The van der Waals surface area contributed by atoms with Crippen LogP contribution in [0.4, 0.5) is 0 Å². The van der Waals surface area contributed by atoms with E-state index in [-0.39, 0.29) is 17.6 Å². The molecule has 0 N–H and O–H groups in total. The second-order valence-corrected chi connectivity index (χ2v) is 8.22. The first-order valence-corrected chi connectivity index (χ1v) is 9.88. The number of amides is 1. The van der Waals surface area contributed by atoms with E-state index in [0.29, 0.717) is 25.0 Å². The molecule has 5 rings (SSSR count). The van der Waals surface area contributed by atoms with Crippen molar-refractivity contribution in [3.63, 3.8) is 0 Å². The standard InChI is InChI=1S/C21H27NO3/c23-19(22-10-4-7-16(14-22)20-24-11-12-25-20)18-13-21(18)9-3-6-15-5-1-2-8-17(15)21/h1-2,5,8,16,18,20H,3-4,6-7,9-14H2. The molecule has 4 heteroatoms. The van der Waals surface area contributed by atoms with Gasteiger partial charge in [0.15, 0.2) is 6.29 Å². The highest BCUT2D eigenvalue weighted by Crippen LogP contribution is 2.61. The molecular formula is C21H27NO3. The Labute approximate surface area is 149 Å². The van der Waals surface area contributed by atoms with Gasteiger partial charge in [0, 0.05) is 30.3 Å². The molecule has 1 aromatic carbocycles. The monoisotopic (exact) mass is 341 g/mol. The van der Waals surface area contributed by atoms with E-state index >= 15 is 0 Å². The van der Waals surface area contributed by atoms with Crippen molar-refractivity contribution in [2.24, 2.45) is 11.8 Å². The molecule has 25 heavy (non-hydrogen) atoms. The van der Waals surface area contributed by atoms with Crippen LogP contribution >= 0.6 is 0 Å². The van der Waals surface area contributed by atoms with Crippen molar-refractivity contribution < 1.29 is 14.3 Å². The lowest BCUT2D eigenvalue weighted by molar-refractivity contribution is -0.141. The molecule has 4 aliphatic rings. The van der Waals surface area contributed by atoms with Gasteiger partial charge in [-0.15, -0.1) is 0 Å². The lowest BCUT2D eigenvalue weighted by Gasteiger charge is -2.36. The Kier molecular flexibility index (Phi) is 3.86. The molecule has 4 nitrogen and oxygen atoms in total. The maximum Gasteiger partial charge on any atom is 0.226 e. The summed E-state index contributed by atoms with van der Waals surface area (Å²) in [5.74, 6) is 0.908. The van der Waals surface area contributed by atoms with Crippen LogP contribution in [-0.2, 0) is 26.1 Å². The summed E-state index contributed by atoms with van der Waals surface area (Å²) in [6, 6.07) is 8.79. The number of carbonyl (C=O) groups excluding carboxylic acids is 1. The molecule has 0 radical (unpaired) electrons. The van der Waals surface area contributed by atoms with E-state index in [0.717, 1.165) is 32.4 Å². The van der Waals surface area contributed by atoms with Crippen molar-refractivity contribution in [2.75, 3.05) is 26.3 Å². The Morgan fingerprint density at radius 2 is 2.00 bits per heavy atom. The highest BCUT2D eigenvalue weighted by atomic mass is 16.7. The van der Waals surface area contributed by atoms with Gasteiger partial charge in [-0.2, -0.15) is 0 Å². The van der Waals surface area contributed by atoms with Gasteiger partial charge in [-0.1, -0.05) is 24.3 Å². The minimum absolute atomic E-state index is 0.0980. The van der Waals surface area contributed by atoms with Crippen molar-refractivity contribution >= 4 is 5.91 Å². The maximum absolute atomic E-state index is 13.2. The first-order valence-electron chi connectivity index (χ1n) is 9.88. The number of fused-ring (bicyclic) bond motifs is 2. The number of hydrogen-bond donors (Lipinski definition) is 0. The second-order valence-electron chi connectivity index (χ2n) is 8.22. The van der Waals surface area contributed by atoms with Crippen molar-refractivity contribution in [3.8, 4) is 0 Å². The number of benzene rings is 1. The van der Waals surface area contributed by atoms with E-state index < -0.39 is 0 Å². The molecule has 1 amide bonds. The van der Waals surface area contributed by atoms with Crippen LogP contribution in [-0.4, -0.2) is 43.4 Å². The molecule has 3 fully saturated rings. The summed E-state index contributed by atoms with van der Waals surface area (Å²) in [6.45, 7) is 3.09. The minimum Gasteiger partial charge on any atom is -0.350 e. The van der Waals surface area contributed by atoms with Crippen molar-refractivity contribution in [3.05, 3.63) is 35.4 Å². The van der Waals surface area contributed by atoms with Crippen LogP contribution in [0.25, 0.3) is 0 Å². The fourth-order valence-electron chi connectivity index (χ4n) is 5.46. The van der Waals surface area contributed by atoms with E-state index in [1.165, 1.54) is 30.4 Å². The molecular weight excluding hydrogens is 314 g/mol. The second kappa shape index (κ2) is 6.10. The maximum atomic E-state index is 13.2. The van der Waals surface area contributed by atoms with Gasteiger partial charge in [0.1, 0.15) is 0 Å². The quantitative estimate of drug-likeness (QED) is 0.830. The zero-order valence-corrected chi connectivity index (χ0v) is 14.8. The molecule has 3 atom stereocenters. The summed E-state index contributed by atoms with van der Waals surface area (Å²) < 4.78 is 11.4. The van der Waals surface area contributed by atoms with E-state index in [4.69, 9.17) is 9.47 Å². The molecule has 2 aliphatic carbocycles. The van der Waals surface area contributed by atoms with Gasteiger partial charge >= 0.3 is 0 Å².